The Labute approximate surface area is 137 Å². The summed E-state index contributed by atoms with van der Waals surface area (Å²) in [4.78, 5) is 38.1. The van der Waals surface area contributed by atoms with Crippen LogP contribution in [-0.2, 0) is 16.1 Å². The molecule has 0 spiro atoms. The largest absolute Gasteiger partial charge is 0.464 e. The van der Waals surface area contributed by atoms with Crippen molar-refractivity contribution in [3.8, 4) is 0 Å². The molecule has 0 atom stereocenters. The maximum absolute atomic E-state index is 12.7. The number of rotatable bonds is 7. The Balaban J connectivity index is 3.27. The van der Waals surface area contributed by atoms with Gasteiger partial charge in [-0.25, -0.2) is 4.79 Å². The second-order valence-electron chi connectivity index (χ2n) is 5.35. The molecule has 1 heterocycles. The van der Waals surface area contributed by atoms with Crippen molar-refractivity contribution in [3.63, 3.8) is 0 Å². The second kappa shape index (κ2) is 7.94. The van der Waals surface area contributed by atoms with Crippen LogP contribution < -0.4 is 0 Å². The number of carbonyl (C=O) groups is 3. The first-order valence-corrected chi connectivity index (χ1v) is 7.92. The third-order valence-corrected chi connectivity index (χ3v) is 4.11. The number of amides is 1. The molecule has 1 amide bonds. The van der Waals surface area contributed by atoms with Crippen LogP contribution in [0, 0.1) is 13.8 Å². The van der Waals surface area contributed by atoms with Crippen LogP contribution in [-0.4, -0.2) is 47.3 Å². The normalized spacial score (nSPS) is 10.5. The number of aromatic nitrogens is 1. The van der Waals surface area contributed by atoms with Gasteiger partial charge in [-0.05, 0) is 33.3 Å². The van der Waals surface area contributed by atoms with Crippen LogP contribution in [0.3, 0.4) is 0 Å². The summed E-state index contributed by atoms with van der Waals surface area (Å²) < 4.78 is 6.61. The number of Topliss-reactive ketones (excluding diaryl/α,β-unsaturated/α-hetero) is 1. The highest BCUT2D eigenvalue weighted by molar-refractivity contribution is 6.04. The van der Waals surface area contributed by atoms with E-state index in [-0.39, 0.29) is 18.2 Å². The highest BCUT2D eigenvalue weighted by atomic mass is 16.5. The molecule has 1 aromatic heterocycles. The van der Waals surface area contributed by atoms with Gasteiger partial charge in [0.2, 0.25) is 5.91 Å². The number of likely N-dealkylation sites (N-methyl/N-ethyl adjacent to an activating group) is 1. The number of ketones is 1. The van der Waals surface area contributed by atoms with E-state index in [1.807, 2.05) is 20.8 Å². The number of hydrogen-bond donors (Lipinski definition) is 0. The zero-order valence-electron chi connectivity index (χ0n) is 14.9. The molecule has 0 fully saturated rings. The first-order valence-electron chi connectivity index (χ1n) is 7.92. The lowest BCUT2D eigenvalue weighted by Gasteiger charge is -2.19. The van der Waals surface area contributed by atoms with Crippen LogP contribution >= 0.6 is 0 Å². The molecule has 1 rings (SSSR count). The predicted octanol–water partition coefficient (Wildman–Crippen LogP) is 2.35. The molecule has 0 aliphatic carbocycles. The van der Waals surface area contributed by atoms with Crippen molar-refractivity contribution in [1.82, 2.24) is 9.47 Å². The topological polar surface area (TPSA) is 68.6 Å². The quantitative estimate of drug-likeness (QED) is 0.571. The second-order valence-corrected chi connectivity index (χ2v) is 5.35. The Kier molecular flexibility index (Phi) is 6.54. The highest BCUT2D eigenvalue weighted by Crippen LogP contribution is 2.24. The van der Waals surface area contributed by atoms with Crippen LogP contribution in [0.5, 0.6) is 0 Å². The summed E-state index contributed by atoms with van der Waals surface area (Å²) >= 11 is 0. The molecule has 0 saturated carbocycles. The zero-order valence-corrected chi connectivity index (χ0v) is 14.9. The monoisotopic (exact) mass is 322 g/mol. The van der Waals surface area contributed by atoms with E-state index >= 15 is 0 Å². The molecule has 1 aromatic rings. The van der Waals surface area contributed by atoms with E-state index < -0.39 is 5.97 Å². The lowest BCUT2D eigenvalue weighted by molar-refractivity contribution is -0.130. The third kappa shape index (κ3) is 3.63. The molecule has 0 unspecified atom stereocenters. The molecular formula is C17H26N2O4. The van der Waals surface area contributed by atoms with Gasteiger partial charge in [-0.1, -0.05) is 6.92 Å². The summed E-state index contributed by atoms with van der Waals surface area (Å²) in [6.45, 7) is 10.2. The number of esters is 1. The Morgan fingerprint density at radius 1 is 1.13 bits per heavy atom. The fourth-order valence-corrected chi connectivity index (χ4v) is 2.91. The van der Waals surface area contributed by atoms with E-state index in [4.69, 9.17) is 4.74 Å². The van der Waals surface area contributed by atoms with Crippen LogP contribution in [0.2, 0.25) is 0 Å². The van der Waals surface area contributed by atoms with Crippen molar-refractivity contribution in [2.24, 2.45) is 0 Å². The Morgan fingerprint density at radius 2 is 1.74 bits per heavy atom. The lowest BCUT2D eigenvalue weighted by atomic mass is 10.1. The zero-order chi connectivity index (χ0) is 17.7. The average molecular weight is 322 g/mol. The fraction of sp³-hybridized carbons (Fsp3) is 0.588. The molecule has 0 aliphatic rings. The van der Waals surface area contributed by atoms with Crippen LogP contribution in [0.15, 0.2) is 0 Å². The van der Waals surface area contributed by atoms with Crippen molar-refractivity contribution in [3.05, 3.63) is 22.5 Å². The predicted molar refractivity (Wildman–Crippen MR) is 87.8 cm³/mol. The van der Waals surface area contributed by atoms with E-state index in [0.29, 0.717) is 36.3 Å². The SMILES string of the molecule is CCC(=O)N(CC)CC(=O)c1c(C)c(C(=O)OC)n(CC)c1C. The van der Waals surface area contributed by atoms with Gasteiger partial charge in [0.1, 0.15) is 5.69 Å². The van der Waals surface area contributed by atoms with Gasteiger partial charge in [0.05, 0.1) is 13.7 Å². The minimum atomic E-state index is -0.455. The van der Waals surface area contributed by atoms with E-state index in [2.05, 4.69) is 0 Å². The molecule has 0 aliphatic heterocycles. The summed E-state index contributed by atoms with van der Waals surface area (Å²) in [5.41, 5.74) is 2.26. The highest BCUT2D eigenvalue weighted by Gasteiger charge is 2.27. The maximum Gasteiger partial charge on any atom is 0.354 e. The van der Waals surface area contributed by atoms with E-state index in [1.54, 1.807) is 18.4 Å². The van der Waals surface area contributed by atoms with E-state index in [0.717, 1.165) is 5.69 Å². The van der Waals surface area contributed by atoms with Gasteiger partial charge in [0.15, 0.2) is 5.78 Å². The molecule has 23 heavy (non-hydrogen) atoms. The van der Waals surface area contributed by atoms with Gasteiger partial charge >= 0.3 is 5.97 Å². The van der Waals surface area contributed by atoms with Crippen molar-refractivity contribution in [2.75, 3.05) is 20.2 Å². The van der Waals surface area contributed by atoms with Gasteiger partial charge in [0, 0.05) is 30.8 Å². The smallest absolute Gasteiger partial charge is 0.354 e. The van der Waals surface area contributed by atoms with Crippen molar-refractivity contribution in [2.45, 2.75) is 47.6 Å². The molecule has 6 nitrogen and oxygen atoms in total. The van der Waals surface area contributed by atoms with Crippen molar-refractivity contribution >= 4 is 17.7 Å². The van der Waals surface area contributed by atoms with Gasteiger partial charge in [-0.3, -0.25) is 9.59 Å². The lowest BCUT2D eigenvalue weighted by Crippen LogP contribution is -2.35. The summed E-state index contributed by atoms with van der Waals surface area (Å²) in [5, 5.41) is 0. The maximum atomic E-state index is 12.7. The molecule has 6 heteroatoms. The third-order valence-electron chi connectivity index (χ3n) is 4.11. The Hall–Kier alpha value is -2.11. The minimum Gasteiger partial charge on any atom is -0.464 e. The number of methoxy groups -OCH3 is 1. The van der Waals surface area contributed by atoms with E-state index in [1.165, 1.54) is 12.0 Å². The van der Waals surface area contributed by atoms with E-state index in [9.17, 15) is 14.4 Å². The van der Waals surface area contributed by atoms with Crippen LogP contribution in [0.1, 0.15) is 59.3 Å². The summed E-state index contributed by atoms with van der Waals surface area (Å²) in [6, 6.07) is 0. The first kappa shape index (κ1) is 18.9. The van der Waals surface area contributed by atoms with Crippen molar-refractivity contribution in [1.29, 1.82) is 0 Å². The van der Waals surface area contributed by atoms with Crippen molar-refractivity contribution < 1.29 is 19.1 Å². The molecule has 0 saturated heterocycles. The number of hydrogen-bond acceptors (Lipinski definition) is 4. The fourth-order valence-electron chi connectivity index (χ4n) is 2.91. The van der Waals surface area contributed by atoms with Gasteiger partial charge in [-0.2, -0.15) is 0 Å². The molecule has 128 valence electrons. The Bertz CT molecular complexity index is 617. The van der Waals surface area contributed by atoms with Gasteiger partial charge in [0.25, 0.3) is 0 Å². The van der Waals surface area contributed by atoms with Crippen LogP contribution in [0.25, 0.3) is 0 Å². The van der Waals surface area contributed by atoms with Gasteiger partial charge in [-0.15, -0.1) is 0 Å². The average Bonchev–Trinajstić information content (AvgIpc) is 2.80. The summed E-state index contributed by atoms with van der Waals surface area (Å²) in [6.07, 6.45) is 0.364. The summed E-state index contributed by atoms with van der Waals surface area (Å²) in [7, 11) is 1.32. The first-order chi connectivity index (χ1) is 10.8. The molecule has 0 N–H and O–H groups in total. The Morgan fingerprint density at radius 3 is 2.17 bits per heavy atom. The molecule has 0 aromatic carbocycles. The number of carbonyl (C=O) groups excluding carboxylic acids is 3. The molecule has 0 bridgehead atoms. The molecule has 0 radical (unpaired) electrons. The number of ether oxygens (including phenoxy) is 1. The minimum absolute atomic E-state index is 0.0270. The number of nitrogens with zero attached hydrogens (tertiary/aromatic N) is 2. The van der Waals surface area contributed by atoms with Gasteiger partial charge < -0.3 is 14.2 Å². The molecular weight excluding hydrogens is 296 g/mol. The standard InChI is InChI=1S/C17H26N2O4/c1-7-14(21)18(8-2)10-13(20)15-11(4)16(17(22)23-6)19(9-3)12(15)5/h7-10H2,1-6H3. The van der Waals surface area contributed by atoms with Crippen LogP contribution in [0.4, 0.5) is 0 Å². The summed E-state index contributed by atoms with van der Waals surface area (Å²) in [5.74, 6) is -0.663.